The van der Waals surface area contributed by atoms with Crippen LogP contribution in [0.2, 0.25) is 0 Å². The van der Waals surface area contributed by atoms with Crippen LogP contribution in [-0.4, -0.2) is 0 Å². The third-order valence-corrected chi connectivity index (χ3v) is 40.6. The molecule has 0 heteroatoms. The molecule has 25 aliphatic carbocycles. The molecule has 14 bridgehead atoms. The second-order valence-corrected chi connectivity index (χ2v) is 52.8. The average molecular weight is 1600 g/mol. The van der Waals surface area contributed by atoms with Crippen molar-refractivity contribution < 1.29 is 1.37 Å². The van der Waals surface area contributed by atoms with Crippen LogP contribution in [0.4, 0.5) is 0 Å². The van der Waals surface area contributed by atoms with Crippen LogP contribution in [0.3, 0.4) is 0 Å². The van der Waals surface area contributed by atoms with Crippen LogP contribution in [0.15, 0.2) is 0 Å². The molecule has 0 amide bonds. The maximum atomic E-state index is 6.94. The summed E-state index contributed by atoms with van der Waals surface area (Å²) in [6, 6.07) is 0. The zero-order valence-corrected chi connectivity index (χ0v) is 83.6. The van der Waals surface area contributed by atoms with E-state index in [-0.39, 0.29) is 5.89 Å². The van der Waals surface area contributed by atoms with Crippen LogP contribution in [-0.2, 0) is 0 Å². The Hall–Kier alpha value is 0. The van der Waals surface area contributed by atoms with Crippen molar-refractivity contribution in [1.29, 1.82) is 0 Å². The van der Waals surface area contributed by atoms with E-state index in [2.05, 4.69) is 145 Å². The highest BCUT2D eigenvalue weighted by atomic mass is 14.6. The summed E-state index contributed by atoms with van der Waals surface area (Å²) in [7, 11) is 0. The van der Waals surface area contributed by atoms with Crippen molar-refractivity contribution in [2.75, 3.05) is 0 Å². The Kier molecular flexibility index (Phi) is 38.0. The van der Waals surface area contributed by atoms with Gasteiger partial charge in [0.25, 0.3) is 0 Å². The van der Waals surface area contributed by atoms with Crippen LogP contribution >= 0.6 is 0 Å². The highest BCUT2D eigenvalue weighted by Gasteiger charge is 2.51. The zero-order chi connectivity index (χ0) is 84.6. The maximum Gasteiger partial charge on any atom is 0.0294 e. The summed E-state index contributed by atoms with van der Waals surface area (Å²) in [5, 5.41) is 0. The summed E-state index contributed by atoms with van der Waals surface area (Å²) in [5.41, 5.74) is 6.61. The standard InChI is InChI=1S/C14H26.C12H20.C12H22.2C11H20.2C10H18.2C9H16.C8H16.C5H12.C4H10/c1-12-4-6-14(7-5-12)10-8-13(2,3)9-11-14;1-2-12-6-9-3-10(7-12)5-11(4-9)8-12;1-11-5-9-12(10-6-11)7-3-2-4-8-12;1-8-9-4-6-10(7-5-9)11(8,2)3;1-10-4-8-11(9-5-10)6-2-3-7-11;1-8-7-9-3-5-10(8,2)6-4-9;1-7-8(2)10-5-3-9(7)4-6-10;1-7-6-8-2-4-9(7)5-3-8;1-2-8-5-7-3-4-9(8)6-7;1-3-8(2)6-4-5-7-8;1-5(2,3)4;1-4(2)3/h12H,4-11H2,1-3H3;9-11H,2-8H2,1H3;11H,2-10H2,1H3;8-10H,4-7H2,1-3H3;10H,2-9H2,1H3;8-9H,3-7H2,1-2H3;7-10H,3-6H2,1-2H3;2*7-9H,2-6H2,1H3;3-7H2,1-2H3;1-4H3;4H,1-3H3/t;;;8-,9?,10?;;8-,9?,10?;7-,8?,9?,10?;7-,8?,9?;;;;/m...1.000..../s1/i;;;;;;;;;;;4D. The molecular weight excluding hydrogens is 1380 g/mol. The lowest BCUT2D eigenvalue weighted by Crippen LogP contribution is -2.45. The molecule has 0 heterocycles. The van der Waals surface area contributed by atoms with Crippen molar-refractivity contribution >= 4 is 0 Å². The van der Waals surface area contributed by atoms with Gasteiger partial charge in [0, 0.05) is 1.37 Å². The molecule has 0 N–H and O–H groups in total. The molecule has 8 atom stereocenters. The Balaban J connectivity index is 0.000000146. The Bertz CT molecular complexity index is 2540. The molecule has 0 nitrogen and oxygen atoms in total. The van der Waals surface area contributed by atoms with Gasteiger partial charge in [-0.3, -0.25) is 0 Å². The number of hydrogen-bond donors (Lipinski definition) is 0. The fraction of sp³-hybridized carbons (Fsp3) is 1.00. The van der Waals surface area contributed by atoms with Crippen LogP contribution in [0.5, 0.6) is 0 Å². The van der Waals surface area contributed by atoms with Crippen molar-refractivity contribution in [3.63, 3.8) is 0 Å². The van der Waals surface area contributed by atoms with Gasteiger partial charge < -0.3 is 0 Å². The van der Waals surface area contributed by atoms with Crippen LogP contribution in [0.25, 0.3) is 0 Å². The minimum atomic E-state index is -0.250. The first-order valence-electron chi connectivity index (χ1n) is 54.6. The van der Waals surface area contributed by atoms with Gasteiger partial charge in [0.1, 0.15) is 0 Å². The van der Waals surface area contributed by atoms with Gasteiger partial charge in [-0.15, -0.1) is 0 Å². The average Bonchev–Trinajstić information content (AvgIpc) is 0.872. The molecule has 3 spiro atoms. The summed E-state index contributed by atoms with van der Waals surface area (Å²) in [6.45, 7) is 55.7. The normalized spacial score (nSPS) is 40.8. The van der Waals surface area contributed by atoms with Gasteiger partial charge in [0.15, 0.2) is 0 Å². The molecule has 25 aliphatic rings. The smallest absolute Gasteiger partial charge is 0.0294 e. The van der Waals surface area contributed by atoms with E-state index >= 15 is 0 Å². The minimum absolute atomic E-state index is 0.250. The van der Waals surface area contributed by atoms with E-state index in [0.29, 0.717) is 16.2 Å². The summed E-state index contributed by atoms with van der Waals surface area (Å²) in [4.78, 5) is 0. The molecule has 0 aromatic rings. The molecule has 25 saturated carbocycles. The molecule has 0 aromatic carbocycles. The second kappa shape index (κ2) is 44.9. The highest BCUT2D eigenvalue weighted by Crippen LogP contribution is 2.63. The van der Waals surface area contributed by atoms with Crippen LogP contribution < -0.4 is 0 Å². The number of hydrogen-bond acceptors (Lipinski definition) is 0. The third kappa shape index (κ3) is 30.1. The quantitative estimate of drug-likeness (QED) is 0.264. The van der Waals surface area contributed by atoms with Crippen molar-refractivity contribution in [3.05, 3.63) is 0 Å². The molecule has 0 aromatic heterocycles. The SMILES string of the molecule is CC(C)(C)C.CC1C2CCC(CC2)[C@H]1C.CC1CCC2(CC1)CCC(C)(C)CC2.CC1CCC2(CCCC2)CC1.CC1CCC2(CCCCC2)CC1.CCC1(C)CCCC1.CCC12CC3CC(CC(C3)C1)C2.CCC1CC2CCC1C2.C[C@@H]1C2CCC(CC2)C1(C)C.C[C@H]1CC2CCC1(C)CC2.C[C@H]1CC2CCC1CC2.[2H]C(C)(C)C. The minimum Gasteiger partial charge on any atom is -0.0651 e. The lowest BCUT2D eigenvalue weighted by Gasteiger charge is -2.56. The molecule has 25 fully saturated rings. The molecule has 25 rings (SSSR count). The van der Waals surface area contributed by atoms with E-state index in [1.165, 1.54) is 238 Å². The predicted molar refractivity (Wildman–Crippen MR) is 512 cm³/mol. The molecule has 674 valence electrons. The molecule has 0 saturated heterocycles. The first-order chi connectivity index (χ1) is 54.6. The number of rotatable bonds is 3. The third-order valence-electron chi connectivity index (χ3n) is 40.6. The fourth-order valence-corrected chi connectivity index (χ4v) is 30.6. The van der Waals surface area contributed by atoms with Gasteiger partial charge in [-0.05, 0) is 442 Å². The summed E-state index contributed by atoms with van der Waals surface area (Å²) < 4.78 is 6.94. The number of fused-ring (bicyclic) bond motifs is 14. The van der Waals surface area contributed by atoms with Gasteiger partial charge >= 0.3 is 0 Å². The van der Waals surface area contributed by atoms with E-state index in [1.807, 2.05) is 20.8 Å². The van der Waals surface area contributed by atoms with Gasteiger partial charge in [-0.1, -0.05) is 288 Å². The van der Waals surface area contributed by atoms with Crippen molar-refractivity contribution in [1.82, 2.24) is 0 Å². The monoisotopic (exact) mass is 1600 g/mol. The van der Waals surface area contributed by atoms with Crippen molar-refractivity contribution in [2.24, 2.45) is 179 Å². The largest absolute Gasteiger partial charge is 0.0651 e. The van der Waals surface area contributed by atoms with E-state index in [0.717, 1.165) is 157 Å². The first kappa shape index (κ1) is 97.2. The first-order valence-corrected chi connectivity index (χ1v) is 54.1. The second-order valence-electron chi connectivity index (χ2n) is 52.8. The van der Waals surface area contributed by atoms with Gasteiger partial charge in [0.05, 0.1) is 0 Å². The van der Waals surface area contributed by atoms with E-state index in [4.69, 9.17) is 1.37 Å². The maximum absolute atomic E-state index is 6.94. The predicted octanol–water partition coefficient (Wildman–Crippen LogP) is 38.4. The molecule has 115 heavy (non-hydrogen) atoms. The summed E-state index contributed by atoms with van der Waals surface area (Å²) in [6.07, 6.45) is 91.7. The van der Waals surface area contributed by atoms with E-state index in [9.17, 15) is 0 Å². The van der Waals surface area contributed by atoms with E-state index in [1.54, 1.807) is 148 Å². The van der Waals surface area contributed by atoms with Crippen LogP contribution in [0.1, 0.15) is 553 Å². The topological polar surface area (TPSA) is 0 Å². The van der Waals surface area contributed by atoms with Gasteiger partial charge in [0.2, 0.25) is 0 Å². The van der Waals surface area contributed by atoms with Crippen molar-refractivity contribution in [3.8, 4) is 0 Å². The highest BCUT2D eigenvalue weighted by molar-refractivity contribution is 5.02. The lowest BCUT2D eigenvalue weighted by atomic mass is 9.49. The zero-order valence-electron chi connectivity index (χ0n) is 84.6. The summed E-state index contributed by atoms with van der Waals surface area (Å²) in [5.74, 6) is 22.5. The summed E-state index contributed by atoms with van der Waals surface area (Å²) >= 11 is 0. The molecule has 4 unspecified atom stereocenters. The van der Waals surface area contributed by atoms with Gasteiger partial charge in [-0.2, -0.15) is 0 Å². The Morgan fingerprint density at radius 3 is 0.965 bits per heavy atom. The Labute approximate surface area is 727 Å². The Morgan fingerprint density at radius 1 is 0.330 bits per heavy atom. The lowest BCUT2D eigenvalue weighted by molar-refractivity contribution is -0.0545. The van der Waals surface area contributed by atoms with E-state index < -0.39 is 0 Å². The van der Waals surface area contributed by atoms with Gasteiger partial charge in [-0.25, -0.2) is 0 Å². The Morgan fingerprint density at radius 2 is 0.696 bits per heavy atom. The van der Waals surface area contributed by atoms with Crippen LogP contribution in [0, 0.1) is 179 Å². The molecular formula is C115H214. The molecule has 0 aliphatic heterocycles. The fourth-order valence-electron chi connectivity index (χ4n) is 30.6. The van der Waals surface area contributed by atoms with Crippen molar-refractivity contribution in [2.45, 2.75) is 551 Å². The molecule has 0 radical (unpaired) electrons.